The van der Waals surface area contributed by atoms with Crippen LogP contribution in [0.2, 0.25) is 0 Å². The number of nitrogens with one attached hydrogen (secondary N) is 2. The zero-order valence-corrected chi connectivity index (χ0v) is 16.4. The molecule has 2 aliphatic rings. The predicted octanol–water partition coefficient (Wildman–Crippen LogP) is 2.48. The first-order chi connectivity index (χ1) is 14.9. The zero-order valence-electron chi connectivity index (χ0n) is 16.4. The van der Waals surface area contributed by atoms with Gasteiger partial charge in [0.1, 0.15) is 23.8 Å². The maximum atomic E-state index is 13.0. The van der Waals surface area contributed by atoms with Gasteiger partial charge in [-0.25, -0.2) is 14.1 Å². The normalized spacial score (nSPS) is 15.9. The van der Waals surface area contributed by atoms with Gasteiger partial charge in [-0.05, 0) is 43.3 Å². The van der Waals surface area contributed by atoms with Crippen LogP contribution in [0.3, 0.4) is 0 Å². The van der Waals surface area contributed by atoms with E-state index in [2.05, 4.69) is 10.6 Å². The minimum atomic E-state index is -0.732. The van der Waals surface area contributed by atoms with E-state index in [0.717, 1.165) is 4.90 Å². The van der Waals surface area contributed by atoms with Crippen LogP contribution < -0.4 is 24.8 Å². The second-order valence-electron chi connectivity index (χ2n) is 6.61. The van der Waals surface area contributed by atoms with Crippen molar-refractivity contribution in [1.82, 2.24) is 10.2 Å². The molecule has 9 nitrogen and oxygen atoms in total. The lowest BCUT2D eigenvalue weighted by molar-refractivity contribution is -0.127. The van der Waals surface area contributed by atoms with Gasteiger partial charge in [-0.3, -0.25) is 9.59 Å². The van der Waals surface area contributed by atoms with Gasteiger partial charge >= 0.3 is 6.03 Å². The fraction of sp³-hybridized carbons (Fsp3) is 0.190. The van der Waals surface area contributed by atoms with Crippen molar-refractivity contribution in [3.05, 3.63) is 53.5 Å². The zero-order chi connectivity index (χ0) is 22.0. The molecule has 1 saturated heterocycles. The molecule has 10 heteroatoms. The number of hydrogen-bond donors (Lipinski definition) is 2. The number of amides is 4. The Kier molecular flexibility index (Phi) is 5.44. The fourth-order valence-electron chi connectivity index (χ4n) is 3.08. The molecule has 0 spiro atoms. The van der Waals surface area contributed by atoms with E-state index in [0.29, 0.717) is 35.1 Å². The summed E-state index contributed by atoms with van der Waals surface area (Å²) >= 11 is 0. The van der Waals surface area contributed by atoms with Gasteiger partial charge in [-0.2, -0.15) is 0 Å². The van der Waals surface area contributed by atoms with Crippen molar-refractivity contribution in [2.24, 2.45) is 0 Å². The van der Waals surface area contributed by atoms with E-state index in [-0.39, 0.29) is 12.5 Å². The van der Waals surface area contributed by atoms with Crippen molar-refractivity contribution in [1.29, 1.82) is 0 Å². The summed E-state index contributed by atoms with van der Waals surface area (Å²) in [6, 6.07) is 7.68. The number of imide groups is 1. The van der Waals surface area contributed by atoms with Gasteiger partial charge in [0.2, 0.25) is 12.7 Å². The topological polar surface area (TPSA) is 106 Å². The molecule has 4 amide bonds. The summed E-state index contributed by atoms with van der Waals surface area (Å²) in [7, 11) is 0. The first kappa shape index (κ1) is 20.2. The Morgan fingerprint density at radius 2 is 1.94 bits per heavy atom. The molecular formula is C21H18FN3O6. The van der Waals surface area contributed by atoms with Crippen LogP contribution in [0.5, 0.6) is 17.2 Å². The molecule has 0 radical (unpaired) electrons. The molecule has 4 rings (SSSR count). The average molecular weight is 427 g/mol. The van der Waals surface area contributed by atoms with E-state index in [1.165, 1.54) is 30.3 Å². The van der Waals surface area contributed by atoms with Crippen LogP contribution in [0.15, 0.2) is 42.1 Å². The molecule has 1 fully saturated rings. The number of ether oxygens (including phenoxy) is 3. The lowest BCUT2D eigenvalue weighted by Gasteiger charge is -2.12. The quantitative estimate of drug-likeness (QED) is 0.542. The molecule has 0 aliphatic carbocycles. The van der Waals surface area contributed by atoms with Crippen LogP contribution in [0, 0.1) is 5.82 Å². The van der Waals surface area contributed by atoms with Crippen molar-refractivity contribution in [3.8, 4) is 17.2 Å². The Balaban J connectivity index is 1.51. The summed E-state index contributed by atoms with van der Waals surface area (Å²) in [6.45, 7) is 1.77. The summed E-state index contributed by atoms with van der Waals surface area (Å²) in [5.41, 5.74) is 0.836. The number of rotatable bonds is 6. The molecular weight excluding hydrogens is 409 g/mol. The maximum Gasteiger partial charge on any atom is 0.329 e. The van der Waals surface area contributed by atoms with Crippen LogP contribution in [0.25, 0.3) is 6.08 Å². The number of hydrogen-bond acceptors (Lipinski definition) is 6. The van der Waals surface area contributed by atoms with Gasteiger partial charge in [-0.1, -0.05) is 0 Å². The van der Waals surface area contributed by atoms with Crippen LogP contribution in [-0.4, -0.2) is 42.7 Å². The highest BCUT2D eigenvalue weighted by Gasteiger charge is 2.35. The van der Waals surface area contributed by atoms with Gasteiger partial charge in [0.25, 0.3) is 5.91 Å². The molecule has 31 heavy (non-hydrogen) atoms. The Labute approximate surface area is 176 Å². The summed E-state index contributed by atoms with van der Waals surface area (Å²) in [5.74, 6) is -0.256. The molecule has 2 aromatic rings. The number of nitrogens with zero attached hydrogens (tertiary/aromatic N) is 1. The molecule has 2 heterocycles. The predicted molar refractivity (Wildman–Crippen MR) is 107 cm³/mol. The molecule has 160 valence electrons. The summed E-state index contributed by atoms with van der Waals surface area (Å²) < 4.78 is 29.3. The molecule has 0 atom stereocenters. The van der Waals surface area contributed by atoms with Gasteiger partial charge in [0, 0.05) is 17.3 Å². The smallest absolute Gasteiger partial charge is 0.329 e. The van der Waals surface area contributed by atoms with Crippen LogP contribution in [-0.2, 0) is 9.59 Å². The third kappa shape index (κ3) is 4.27. The Bertz CT molecular complexity index is 1080. The second kappa shape index (κ2) is 8.34. The molecule has 2 aromatic carbocycles. The molecule has 0 bridgehead atoms. The first-order valence-corrected chi connectivity index (χ1v) is 9.41. The molecule has 0 saturated carbocycles. The SMILES string of the molecule is CCOc1cc2c(cc1/C=C1\NC(=O)N(CC(=O)Nc3ccc(F)cc3)C1=O)OCO2. The molecule has 2 N–H and O–H groups in total. The van der Waals surface area contributed by atoms with E-state index in [4.69, 9.17) is 14.2 Å². The molecule has 2 aliphatic heterocycles. The van der Waals surface area contributed by atoms with E-state index in [1.54, 1.807) is 12.1 Å². The number of carbonyl (C=O) groups excluding carboxylic acids is 3. The van der Waals surface area contributed by atoms with Gasteiger partial charge in [0.05, 0.1) is 6.61 Å². The highest BCUT2D eigenvalue weighted by molar-refractivity contribution is 6.16. The van der Waals surface area contributed by atoms with Gasteiger partial charge in [-0.15, -0.1) is 0 Å². The van der Waals surface area contributed by atoms with Crippen LogP contribution >= 0.6 is 0 Å². The van der Waals surface area contributed by atoms with Gasteiger partial charge < -0.3 is 24.8 Å². The summed E-state index contributed by atoms with van der Waals surface area (Å²) in [5, 5.41) is 4.96. The monoisotopic (exact) mass is 427 g/mol. The van der Waals surface area contributed by atoms with E-state index in [9.17, 15) is 18.8 Å². The van der Waals surface area contributed by atoms with Crippen molar-refractivity contribution in [2.45, 2.75) is 6.92 Å². The minimum absolute atomic E-state index is 0.0144. The summed E-state index contributed by atoms with van der Waals surface area (Å²) in [4.78, 5) is 38.0. The standard InChI is InChI=1S/C21H18FN3O6/c1-2-29-16-9-18-17(30-11-31-18)8-12(16)7-15-20(27)25(21(28)24-15)10-19(26)23-14-5-3-13(22)4-6-14/h3-9H,2,10-11H2,1H3,(H,23,26)(H,24,28)/b15-7-. The number of anilines is 1. The van der Waals surface area contributed by atoms with E-state index in [1.807, 2.05) is 6.92 Å². The first-order valence-electron chi connectivity index (χ1n) is 9.41. The van der Waals surface area contributed by atoms with Crippen molar-refractivity contribution in [2.75, 3.05) is 25.3 Å². The number of benzene rings is 2. The fourth-order valence-corrected chi connectivity index (χ4v) is 3.08. The minimum Gasteiger partial charge on any atom is -0.493 e. The molecule has 0 aromatic heterocycles. The highest BCUT2D eigenvalue weighted by Crippen LogP contribution is 2.39. The van der Waals surface area contributed by atoms with E-state index >= 15 is 0 Å². The third-order valence-electron chi connectivity index (χ3n) is 4.50. The highest BCUT2D eigenvalue weighted by atomic mass is 19.1. The van der Waals surface area contributed by atoms with Crippen LogP contribution in [0.4, 0.5) is 14.9 Å². The molecule has 0 unspecified atom stereocenters. The lowest BCUT2D eigenvalue weighted by Crippen LogP contribution is -2.38. The van der Waals surface area contributed by atoms with Crippen molar-refractivity contribution < 1.29 is 33.0 Å². The van der Waals surface area contributed by atoms with Crippen molar-refractivity contribution in [3.63, 3.8) is 0 Å². The number of urea groups is 1. The number of fused-ring (bicyclic) bond motifs is 1. The number of halogens is 1. The van der Waals surface area contributed by atoms with Crippen LogP contribution in [0.1, 0.15) is 12.5 Å². The summed E-state index contributed by atoms with van der Waals surface area (Å²) in [6.07, 6.45) is 1.45. The third-order valence-corrected chi connectivity index (χ3v) is 4.50. The Morgan fingerprint density at radius 1 is 1.23 bits per heavy atom. The second-order valence-corrected chi connectivity index (χ2v) is 6.61. The van der Waals surface area contributed by atoms with E-state index < -0.39 is 30.2 Å². The maximum absolute atomic E-state index is 13.0. The Morgan fingerprint density at radius 3 is 2.65 bits per heavy atom. The lowest BCUT2D eigenvalue weighted by atomic mass is 10.1. The largest absolute Gasteiger partial charge is 0.493 e. The van der Waals surface area contributed by atoms with Crippen molar-refractivity contribution >= 4 is 29.6 Å². The van der Waals surface area contributed by atoms with Gasteiger partial charge in [0.15, 0.2) is 11.5 Å². The average Bonchev–Trinajstić information content (AvgIpc) is 3.29. The number of carbonyl (C=O) groups is 3. The Hall–Kier alpha value is -4.08.